The van der Waals surface area contributed by atoms with Gasteiger partial charge in [0.25, 0.3) is 0 Å². The van der Waals surface area contributed by atoms with Crippen LogP contribution in [-0.4, -0.2) is 17.0 Å². The maximum atomic E-state index is 13.5. The van der Waals surface area contributed by atoms with Gasteiger partial charge in [-0.3, -0.25) is 4.79 Å². The molecule has 1 atom stereocenters. The van der Waals surface area contributed by atoms with E-state index in [4.69, 9.17) is 11.6 Å². The third kappa shape index (κ3) is 5.60. The van der Waals surface area contributed by atoms with Crippen molar-refractivity contribution in [2.45, 2.75) is 30.8 Å². The molecule has 2 nitrogen and oxygen atoms in total. The molecular formula is C25H23ClO2S. The largest absolute Gasteiger partial charge is 0.388 e. The lowest BCUT2D eigenvalue weighted by Crippen LogP contribution is -2.20. The van der Waals surface area contributed by atoms with Gasteiger partial charge in [0.05, 0.1) is 6.10 Å². The highest BCUT2D eigenvalue weighted by molar-refractivity contribution is 8.08. The van der Waals surface area contributed by atoms with E-state index in [1.54, 1.807) is 12.1 Å². The van der Waals surface area contributed by atoms with Gasteiger partial charge in [0.1, 0.15) is 0 Å². The van der Waals surface area contributed by atoms with E-state index in [1.165, 1.54) is 11.8 Å². The molecule has 4 heteroatoms. The highest BCUT2D eigenvalue weighted by atomic mass is 35.5. The van der Waals surface area contributed by atoms with E-state index in [-0.39, 0.29) is 5.78 Å². The number of rotatable bonds is 8. The van der Waals surface area contributed by atoms with Crippen LogP contribution < -0.4 is 0 Å². The first kappa shape index (κ1) is 21.4. The zero-order valence-electron chi connectivity index (χ0n) is 16.2. The predicted octanol–water partition coefficient (Wildman–Crippen LogP) is 6.89. The Morgan fingerprint density at radius 3 is 2.00 bits per heavy atom. The second-order valence-corrected chi connectivity index (χ2v) is 8.18. The van der Waals surface area contributed by atoms with Gasteiger partial charge >= 0.3 is 0 Å². The number of aliphatic hydroxyl groups is 1. The summed E-state index contributed by atoms with van der Waals surface area (Å²) in [4.78, 5) is 15.2. The molecule has 0 saturated carbocycles. The summed E-state index contributed by atoms with van der Waals surface area (Å²) in [6, 6.07) is 26.4. The van der Waals surface area contributed by atoms with Gasteiger partial charge in [-0.2, -0.15) is 0 Å². The molecule has 0 amide bonds. The summed E-state index contributed by atoms with van der Waals surface area (Å²) in [7, 11) is 0. The third-order valence-corrected chi connectivity index (χ3v) is 5.91. The highest BCUT2D eigenvalue weighted by Gasteiger charge is 2.25. The minimum Gasteiger partial charge on any atom is -0.388 e. The van der Waals surface area contributed by atoms with Gasteiger partial charge in [0.2, 0.25) is 0 Å². The molecule has 3 aromatic carbocycles. The number of thioether (sulfide) groups is 1. The Morgan fingerprint density at radius 1 is 0.897 bits per heavy atom. The fraction of sp³-hybridized carbons (Fsp3) is 0.160. The van der Waals surface area contributed by atoms with Crippen molar-refractivity contribution in [2.75, 3.05) is 0 Å². The van der Waals surface area contributed by atoms with Crippen LogP contribution in [0.1, 0.15) is 35.7 Å². The first-order valence-electron chi connectivity index (χ1n) is 9.61. The number of halogens is 1. The lowest BCUT2D eigenvalue weighted by molar-refractivity contribution is 0.0984. The third-order valence-electron chi connectivity index (χ3n) is 4.49. The second-order valence-electron chi connectivity index (χ2n) is 6.66. The zero-order chi connectivity index (χ0) is 20.6. The maximum Gasteiger partial charge on any atom is 0.192 e. The van der Waals surface area contributed by atoms with Crippen LogP contribution in [0, 0.1) is 0 Å². The summed E-state index contributed by atoms with van der Waals surface area (Å²) < 4.78 is 0. The van der Waals surface area contributed by atoms with Crippen LogP contribution >= 0.6 is 23.4 Å². The molecule has 0 fully saturated rings. The molecule has 0 bridgehead atoms. The first-order valence-corrected chi connectivity index (χ1v) is 10.8. The minimum absolute atomic E-state index is 0.146. The number of benzene rings is 3. The Kier molecular flexibility index (Phi) is 7.70. The molecule has 1 unspecified atom stereocenters. The Morgan fingerprint density at radius 2 is 1.45 bits per heavy atom. The van der Waals surface area contributed by atoms with Gasteiger partial charge in [-0.05, 0) is 36.2 Å². The standard InChI is InChI=1S/C25H23ClO2S/c1-2-9-22(27)23(24(28)18-10-5-3-6-11-18)25(19-12-7-4-8-13-19)29-21-16-14-20(26)15-17-21/h3-8,10-17,22,27H,2,9H2,1H3/b25-23-. The number of hydrogen-bond acceptors (Lipinski definition) is 3. The quantitative estimate of drug-likeness (QED) is 0.244. The summed E-state index contributed by atoms with van der Waals surface area (Å²) in [6.07, 6.45) is 0.453. The average molecular weight is 423 g/mol. The molecular weight excluding hydrogens is 400 g/mol. The average Bonchev–Trinajstić information content (AvgIpc) is 2.76. The molecule has 29 heavy (non-hydrogen) atoms. The van der Waals surface area contributed by atoms with Crippen LogP contribution in [0.5, 0.6) is 0 Å². The smallest absolute Gasteiger partial charge is 0.192 e. The van der Waals surface area contributed by atoms with Crippen LogP contribution in [0.4, 0.5) is 0 Å². The highest BCUT2D eigenvalue weighted by Crippen LogP contribution is 2.39. The molecule has 1 N–H and O–H groups in total. The molecule has 0 saturated heterocycles. The van der Waals surface area contributed by atoms with Crippen molar-refractivity contribution >= 4 is 34.1 Å². The van der Waals surface area contributed by atoms with Crippen LogP contribution in [0.3, 0.4) is 0 Å². The molecule has 0 heterocycles. The molecule has 0 aromatic heterocycles. The van der Waals surface area contributed by atoms with Gasteiger partial charge in [-0.15, -0.1) is 0 Å². The Labute approximate surface area is 181 Å². The lowest BCUT2D eigenvalue weighted by atomic mass is 9.94. The zero-order valence-corrected chi connectivity index (χ0v) is 17.8. The van der Waals surface area contributed by atoms with Crippen molar-refractivity contribution in [3.05, 3.63) is 107 Å². The molecule has 148 valence electrons. The van der Waals surface area contributed by atoms with E-state index in [0.717, 1.165) is 21.8 Å². The Hall–Kier alpha value is -2.33. The minimum atomic E-state index is -0.845. The lowest BCUT2D eigenvalue weighted by Gasteiger charge is -2.20. The molecule has 0 radical (unpaired) electrons. The maximum absolute atomic E-state index is 13.5. The van der Waals surface area contributed by atoms with Crippen molar-refractivity contribution in [1.82, 2.24) is 0 Å². The van der Waals surface area contributed by atoms with Crippen LogP contribution in [0.15, 0.2) is 95.4 Å². The van der Waals surface area contributed by atoms with E-state index >= 15 is 0 Å². The normalized spacial score (nSPS) is 12.9. The summed E-state index contributed by atoms with van der Waals surface area (Å²) in [5.74, 6) is -0.146. The van der Waals surface area contributed by atoms with Crippen LogP contribution in [0.25, 0.3) is 4.91 Å². The van der Waals surface area contributed by atoms with Gasteiger partial charge in [0.15, 0.2) is 5.78 Å². The molecule has 3 aromatic rings. The molecule has 3 rings (SSSR count). The van der Waals surface area contributed by atoms with Crippen LogP contribution in [-0.2, 0) is 0 Å². The fourth-order valence-electron chi connectivity index (χ4n) is 3.05. The second kappa shape index (κ2) is 10.4. The van der Waals surface area contributed by atoms with Crippen molar-refractivity contribution < 1.29 is 9.90 Å². The predicted molar refractivity (Wildman–Crippen MR) is 122 cm³/mol. The van der Waals surface area contributed by atoms with Gasteiger partial charge in [-0.25, -0.2) is 0 Å². The van der Waals surface area contributed by atoms with E-state index in [1.807, 2.05) is 79.7 Å². The van der Waals surface area contributed by atoms with E-state index in [0.29, 0.717) is 22.6 Å². The van der Waals surface area contributed by atoms with E-state index in [9.17, 15) is 9.90 Å². The SMILES string of the molecule is CCCC(O)/C(C(=O)c1ccccc1)=C(/Sc1ccc(Cl)cc1)c1ccccc1. The first-order chi connectivity index (χ1) is 14.1. The molecule has 0 aliphatic rings. The van der Waals surface area contributed by atoms with Gasteiger partial charge < -0.3 is 5.11 Å². The number of carbonyl (C=O) groups excluding carboxylic acids is 1. The number of carbonyl (C=O) groups is 1. The Balaban J connectivity index is 2.17. The molecule has 0 spiro atoms. The summed E-state index contributed by atoms with van der Waals surface area (Å²) in [6.45, 7) is 2.00. The van der Waals surface area contributed by atoms with Gasteiger partial charge in [0, 0.05) is 26.0 Å². The summed E-state index contributed by atoms with van der Waals surface area (Å²) in [5, 5.41) is 11.6. The van der Waals surface area contributed by atoms with Crippen LogP contribution in [0.2, 0.25) is 5.02 Å². The fourth-order valence-corrected chi connectivity index (χ4v) is 4.27. The van der Waals surface area contributed by atoms with E-state index < -0.39 is 6.10 Å². The van der Waals surface area contributed by atoms with Crippen molar-refractivity contribution in [3.63, 3.8) is 0 Å². The van der Waals surface area contributed by atoms with E-state index in [2.05, 4.69) is 0 Å². The number of aliphatic hydroxyl groups excluding tert-OH is 1. The van der Waals surface area contributed by atoms with Crippen molar-refractivity contribution in [1.29, 1.82) is 0 Å². The number of hydrogen-bond donors (Lipinski definition) is 1. The monoisotopic (exact) mass is 422 g/mol. The van der Waals surface area contributed by atoms with Crippen molar-refractivity contribution in [3.8, 4) is 0 Å². The van der Waals surface area contributed by atoms with Crippen molar-refractivity contribution in [2.24, 2.45) is 0 Å². The Bertz CT molecular complexity index is 967. The number of ketones is 1. The molecule has 0 aliphatic carbocycles. The summed E-state index contributed by atoms with van der Waals surface area (Å²) in [5.41, 5.74) is 1.91. The molecule has 0 aliphatic heterocycles. The summed E-state index contributed by atoms with van der Waals surface area (Å²) >= 11 is 7.51. The van der Waals surface area contributed by atoms with Gasteiger partial charge in [-0.1, -0.05) is 97.4 Å². The number of Topliss-reactive ketones (excluding diaryl/α,β-unsaturated/α-hetero) is 1. The topological polar surface area (TPSA) is 37.3 Å².